The van der Waals surface area contributed by atoms with Gasteiger partial charge in [-0.25, -0.2) is 0 Å². The van der Waals surface area contributed by atoms with Crippen molar-refractivity contribution >= 4 is 82.0 Å². The van der Waals surface area contributed by atoms with Crippen LogP contribution in [0.15, 0.2) is 59.5 Å². The number of amides is 7. The molecule has 7 amide bonds. The fourth-order valence-corrected chi connectivity index (χ4v) is 10.9. The van der Waals surface area contributed by atoms with Crippen molar-refractivity contribution in [2.75, 3.05) is 39.0 Å². The van der Waals surface area contributed by atoms with E-state index >= 15 is 0 Å². The van der Waals surface area contributed by atoms with Crippen molar-refractivity contribution in [2.24, 2.45) is 70.1 Å². The Labute approximate surface area is 523 Å². The lowest BCUT2D eigenvalue weighted by atomic mass is 9.87. The number of rotatable bonds is 48. The van der Waals surface area contributed by atoms with E-state index in [0.29, 0.717) is 50.9 Å². The highest BCUT2D eigenvalue weighted by Crippen LogP contribution is 2.26. The molecular weight excluding hydrogens is 1150 g/mol. The Balaban J connectivity index is 2.24. The van der Waals surface area contributed by atoms with Crippen LogP contribution in [0.3, 0.4) is 0 Å². The van der Waals surface area contributed by atoms with E-state index in [1.54, 1.807) is 24.3 Å². The molecule has 0 aliphatic heterocycles. The zero-order valence-corrected chi connectivity index (χ0v) is 53.5. The zero-order chi connectivity index (χ0) is 65.9. The highest BCUT2D eigenvalue weighted by Gasteiger charge is 2.35. The fourth-order valence-electron chi connectivity index (χ4n) is 9.94. The number of carbonyl (C=O) groups excluding carboxylic acids is 12. The van der Waals surface area contributed by atoms with Gasteiger partial charge in [-0.15, -0.1) is 11.8 Å². The minimum Gasteiger partial charge on any atom is -0.497 e. The van der Waals surface area contributed by atoms with E-state index in [9.17, 15) is 57.5 Å². The normalized spacial score (nSPS) is 14.1. The second-order valence-electron chi connectivity index (χ2n) is 24.1. The Kier molecular flexibility index (Phi) is 36.9. The minimum absolute atomic E-state index is 0.0918. The molecule has 2 aromatic rings. The monoisotopic (exact) mass is 1250 g/mol. The summed E-state index contributed by atoms with van der Waals surface area (Å²) in [5.41, 5.74) is 29.4. The molecule has 0 saturated carbocycles. The molecule has 2 rings (SSSR count). The number of hydrogen-bond donors (Lipinski definition) is 10. The van der Waals surface area contributed by atoms with Crippen LogP contribution in [0.25, 0.3) is 0 Å². The first-order chi connectivity index (χ1) is 41.7. The number of nitrogens with one attached hydrogen (secondary N) is 5. The maximum Gasteiger partial charge on any atom is 0.237 e. The van der Waals surface area contributed by atoms with Crippen LogP contribution in [-0.4, -0.2) is 133 Å². The predicted octanol–water partition coefficient (Wildman–Crippen LogP) is 3.45. The minimum atomic E-state index is -1.41. The van der Waals surface area contributed by atoms with Crippen molar-refractivity contribution in [3.8, 4) is 5.75 Å². The molecule has 23 nitrogen and oxygen atoms in total. The molecule has 0 aromatic heterocycles. The summed E-state index contributed by atoms with van der Waals surface area (Å²) in [6, 6.07) is 11.8. The van der Waals surface area contributed by atoms with Crippen molar-refractivity contribution in [2.45, 2.75) is 180 Å². The van der Waals surface area contributed by atoms with Gasteiger partial charge < -0.3 is 60.0 Å². The van der Waals surface area contributed by atoms with Gasteiger partial charge in [-0.3, -0.25) is 57.5 Å². The van der Waals surface area contributed by atoms with Gasteiger partial charge in [0, 0.05) is 66.9 Å². The summed E-state index contributed by atoms with van der Waals surface area (Å²) in [6.07, 6.45) is 1.01. The molecule has 0 heterocycles. The predicted molar refractivity (Wildman–Crippen MR) is 338 cm³/mol. The highest BCUT2D eigenvalue weighted by molar-refractivity contribution is 7.99. The van der Waals surface area contributed by atoms with Gasteiger partial charge in [0.15, 0.2) is 28.9 Å². The summed E-state index contributed by atoms with van der Waals surface area (Å²) in [4.78, 5) is 162. The van der Waals surface area contributed by atoms with E-state index in [1.807, 2.05) is 71.9 Å². The maximum absolute atomic E-state index is 14.3. The largest absolute Gasteiger partial charge is 0.497 e. The quantitative estimate of drug-likeness (QED) is 0.0335. The van der Waals surface area contributed by atoms with Gasteiger partial charge in [0.25, 0.3) is 0 Å². The third-order valence-electron chi connectivity index (χ3n) is 14.8. The number of thioether (sulfide) groups is 1. The molecule has 0 aliphatic carbocycles. The van der Waals surface area contributed by atoms with E-state index in [4.69, 9.17) is 33.4 Å². The number of nitrogens with two attached hydrogens (primary N) is 5. The third kappa shape index (κ3) is 31.8. The third-order valence-corrected chi connectivity index (χ3v) is 15.9. The Morgan fingerprint density at radius 3 is 1.59 bits per heavy atom. The summed E-state index contributed by atoms with van der Waals surface area (Å²) in [7, 11) is 1.52. The Hall–Kier alpha value is -6.89. The van der Waals surface area contributed by atoms with Crippen molar-refractivity contribution in [3.63, 3.8) is 0 Å². The molecule has 0 spiro atoms. The Morgan fingerprint density at radius 2 is 1.03 bits per heavy atom. The van der Waals surface area contributed by atoms with Gasteiger partial charge in [-0.2, -0.15) is 0 Å². The van der Waals surface area contributed by atoms with E-state index < -0.39 is 138 Å². The number of hydrogen-bond acceptors (Lipinski definition) is 17. The molecule has 15 N–H and O–H groups in total. The van der Waals surface area contributed by atoms with E-state index in [1.165, 1.54) is 18.9 Å². The zero-order valence-electron chi connectivity index (χ0n) is 52.7. The molecule has 0 unspecified atom stereocenters. The molecule has 0 saturated heterocycles. The standard InChI is InChI=1S/C64H100N10O13S/c1-39(2)27-45(63(85)72-52(29-41(5)6)57(79)34-44(18-12-14-26-66)62(84)73-54(35-58(68)80)56(78)33-43(60(69)82)17-11-13-25-65)31-47(75)37-71-61(83)46(38-88-50-21-19-49(87-7)20-22-50)32-48(76)36-70-59(81)24-23-55(77)53(30-42-15-9-8-10-16-42)74-64(86)51(67)28-40(3)4/h8-10,15-16,19-22,39-41,43-46,51-54H,11-14,17-18,23-38,65-67H2,1-7H3,(H2,68,80)(H2,69,82)(H,70,81)(H,71,83)(H,72,85)(H,73,84)(H,74,86)/t43-,44-,45-,46+,51+,52+,53+,54+/m1/s1. The molecular formula is C64H100N10O13S. The number of ether oxygens (including phenoxy) is 1. The molecule has 0 aliphatic rings. The fraction of sp³-hybridized carbons (Fsp3) is 0.625. The topological polar surface area (TPSA) is 404 Å². The van der Waals surface area contributed by atoms with Crippen LogP contribution < -0.4 is 60.0 Å². The molecule has 0 bridgehead atoms. The van der Waals surface area contributed by atoms with Gasteiger partial charge in [0.05, 0.1) is 56.7 Å². The second kappa shape index (κ2) is 42.1. The lowest BCUT2D eigenvalue weighted by Gasteiger charge is -2.26. The number of carbonyl (C=O) groups is 12. The van der Waals surface area contributed by atoms with E-state index in [0.717, 1.165) is 10.5 Å². The molecule has 0 radical (unpaired) electrons. The number of ketones is 5. The van der Waals surface area contributed by atoms with Crippen LogP contribution in [0.2, 0.25) is 0 Å². The first-order valence-corrected chi connectivity index (χ1v) is 31.8. The van der Waals surface area contributed by atoms with Gasteiger partial charge in [0.1, 0.15) is 5.75 Å². The molecule has 8 atom stereocenters. The lowest BCUT2D eigenvalue weighted by molar-refractivity contribution is -0.136. The molecule has 490 valence electrons. The molecule has 0 fully saturated rings. The highest BCUT2D eigenvalue weighted by atomic mass is 32.2. The van der Waals surface area contributed by atoms with Crippen molar-refractivity contribution in [1.82, 2.24) is 26.6 Å². The lowest BCUT2D eigenvalue weighted by Crippen LogP contribution is -2.49. The smallest absolute Gasteiger partial charge is 0.237 e. The molecule has 24 heteroatoms. The van der Waals surface area contributed by atoms with Crippen LogP contribution >= 0.6 is 11.8 Å². The van der Waals surface area contributed by atoms with Crippen LogP contribution in [-0.2, 0) is 64.0 Å². The van der Waals surface area contributed by atoms with Crippen molar-refractivity contribution in [3.05, 3.63) is 60.2 Å². The summed E-state index contributed by atoms with van der Waals surface area (Å²) in [6.45, 7) is 11.0. The summed E-state index contributed by atoms with van der Waals surface area (Å²) in [5, 5.41) is 13.4. The SMILES string of the molecule is COc1ccc(SC[C@H](CC(=O)CNC(=O)CCC(=O)[C@H](Cc2ccccc2)NC(=O)[C@@H](N)CC(C)C)C(=O)NCC(=O)C[C@@H](CC(C)C)C(=O)N[C@@H](CC(C)C)C(=O)C[C@@H](CCCCN)C(=O)N[C@@H](CC(N)=O)C(=O)C[C@@H](CCCCN)C(N)=O)cc1. The number of primary amides is 2. The van der Waals surface area contributed by atoms with Gasteiger partial charge in [0.2, 0.25) is 41.4 Å². The van der Waals surface area contributed by atoms with Crippen LogP contribution in [0, 0.1) is 41.4 Å². The van der Waals surface area contributed by atoms with Crippen molar-refractivity contribution in [1.29, 1.82) is 0 Å². The van der Waals surface area contributed by atoms with Crippen LogP contribution in [0.5, 0.6) is 5.75 Å². The van der Waals surface area contributed by atoms with E-state index in [2.05, 4.69) is 26.6 Å². The first kappa shape index (κ1) is 77.2. The van der Waals surface area contributed by atoms with Crippen LogP contribution in [0.4, 0.5) is 0 Å². The summed E-state index contributed by atoms with van der Waals surface area (Å²) in [5.74, 6) is -10.4. The van der Waals surface area contributed by atoms with E-state index in [-0.39, 0.29) is 94.1 Å². The number of methoxy groups -OCH3 is 1. The Morgan fingerprint density at radius 1 is 0.511 bits per heavy atom. The van der Waals surface area contributed by atoms with Gasteiger partial charge >= 0.3 is 0 Å². The molecule has 2 aromatic carbocycles. The molecule has 88 heavy (non-hydrogen) atoms. The van der Waals surface area contributed by atoms with Crippen LogP contribution in [0.1, 0.15) is 150 Å². The summed E-state index contributed by atoms with van der Waals surface area (Å²) >= 11 is 1.28. The number of benzene rings is 2. The second-order valence-corrected chi connectivity index (χ2v) is 25.2. The summed E-state index contributed by atoms with van der Waals surface area (Å²) < 4.78 is 5.27. The maximum atomic E-state index is 14.3. The van der Waals surface area contributed by atoms with Crippen molar-refractivity contribution < 1.29 is 62.3 Å². The van der Waals surface area contributed by atoms with Gasteiger partial charge in [-0.1, -0.05) is 84.7 Å². The average Bonchev–Trinajstić information content (AvgIpc) is 3.51. The van der Waals surface area contributed by atoms with Gasteiger partial charge in [-0.05, 0) is 112 Å². The first-order valence-electron chi connectivity index (χ1n) is 30.8. The number of unbranched alkanes of at least 4 members (excludes halogenated alkanes) is 2. The average molecular weight is 1250 g/mol. The Bertz CT molecular complexity index is 2590. The number of Topliss-reactive ketones (excluding diaryl/α,β-unsaturated/α-hetero) is 5.